The van der Waals surface area contributed by atoms with Gasteiger partial charge in [0.05, 0.1) is 19.2 Å². The van der Waals surface area contributed by atoms with Gasteiger partial charge in [0.15, 0.2) is 0 Å². The Morgan fingerprint density at radius 1 is 1.19 bits per heavy atom. The number of nitrogens with one attached hydrogen (secondary N) is 1. The molecule has 122 valence electrons. The highest BCUT2D eigenvalue weighted by Crippen LogP contribution is 2.01. The van der Waals surface area contributed by atoms with E-state index >= 15 is 0 Å². The molecular weight excluding hydrogens is 274 g/mol. The molecule has 1 atom stereocenters. The molecule has 2 amide bonds. The number of carbonyl (C=O) groups is 3. The maximum Gasteiger partial charge on any atom is 0.325 e. The van der Waals surface area contributed by atoms with Gasteiger partial charge in [-0.2, -0.15) is 0 Å². The lowest BCUT2D eigenvalue weighted by molar-refractivity contribution is -0.149. The summed E-state index contributed by atoms with van der Waals surface area (Å²) in [6.45, 7) is 8.89. The molecule has 0 rings (SSSR count). The second kappa shape index (κ2) is 9.33. The van der Waals surface area contributed by atoms with Crippen molar-refractivity contribution >= 4 is 17.8 Å². The minimum Gasteiger partial charge on any atom is -0.465 e. The molecule has 0 aromatic rings. The number of hydrogen-bond donors (Lipinski definition) is 2. The summed E-state index contributed by atoms with van der Waals surface area (Å²) in [6.07, 6.45) is 0. The molecule has 0 heterocycles. The summed E-state index contributed by atoms with van der Waals surface area (Å²) < 4.78 is 4.83. The molecular formula is C14H27N3O4. The lowest BCUT2D eigenvalue weighted by atomic mass is 10.1. The number of rotatable bonds is 8. The molecule has 0 saturated carbocycles. The van der Waals surface area contributed by atoms with Gasteiger partial charge < -0.3 is 20.7 Å². The molecule has 0 spiro atoms. The molecule has 0 radical (unpaired) electrons. The largest absolute Gasteiger partial charge is 0.465 e. The predicted octanol–water partition coefficient (Wildman–Crippen LogP) is -0.114. The molecule has 21 heavy (non-hydrogen) atoms. The van der Waals surface area contributed by atoms with E-state index in [9.17, 15) is 14.4 Å². The highest BCUT2D eigenvalue weighted by atomic mass is 16.5. The summed E-state index contributed by atoms with van der Waals surface area (Å²) in [4.78, 5) is 36.6. The molecule has 0 aromatic carbocycles. The van der Waals surface area contributed by atoms with Gasteiger partial charge in [-0.25, -0.2) is 0 Å². The van der Waals surface area contributed by atoms with Gasteiger partial charge in [0.1, 0.15) is 6.54 Å². The normalized spacial score (nSPS) is 12.2. The molecule has 7 nitrogen and oxygen atoms in total. The summed E-state index contributed by atoms with van der Waals surface area (Å²) in [6, 6.07) is -0.826. The number of ether oxygens (including phenoxy) is 1. The Morgan fingerprint density at radius 3 is 2.19 bits per heavy atom. The van der Waals surface area contributed by atoms with Crippen LogP contribution in [0.5, 0.6) is 0 Å². The first kappa shape index (κ1) is 19.4. The molecule has 3 N–H and O–H groups in total. The van der Waals surface area contributed by atoms with Gasteiger partial charge >= 0.3 is 5.97 Å². The van der Waals surface area contributed by atoms with Gasteiger partial charge in [-0.1, -0.05) is 13.8 Å². The van der Waals surface area contributed by atoms with Crippen LogP contribution in [0.2, 0.25) is 0 Å². The van der Waals surface area contributed by atoms with Crippen molar-refractivity contribution < 1.29 is 19.1 Å². The van der Waals surface area contributed by atoms with E-state index in [0.29, 0.717) is 0 Å². The Bertz CT molecular complexity index is 369. The van der Waals surface area contributed by atoms with E-state index in [1.54, 1.807) is 20.8 Å². The van der Waals surface area contributed by atoms with Crippen LogP contribution in [0.3, 0.4) is 0 Å². The first-order valence-electron chi connectivity index (χ1n) is 7.19. The minimum atomic E-state index is -0.657. The minimum absolute atomic E-state index is 0.0131. The standard InChI is InChI=1S/C14H27N3O4/c1-6-21-12(19)8-17(10(4)5)11(18)7-16-14(20)13(15)9(2)3/h9-10,13H,6-8,15H2,1-5H3,(H,16,20)/t13-/m0/s1. The third-order valence-electron chi connectivity index (χ3n) is 2.98. The SMILES string of the molecule is CCOC(=O)CN(C(=O)CNC(=O)[C@@H](N)C(C)C)C(C)C. The van der Waals surface area contributed by atoms with Gasteiger partial charge in [-0.15, -0.1) is 0 Å². The predicted molar refractivity (Wildman–Crippen MR) is 79.3 cm³/mol. The lowest BCUT2D eigenvalue weighted by Crippen LogP contribution is -2.50. The molecule has 0 aliphatic rings. The van der Waals surface area contributed by atoms with Crippen LogP contribution in [0.1, 0.15) is 34.6 Å². The van der Waals surface area contributed by atoms with Gasteiger partial charge in [0, 0.05) is 6.04 Å². The fraction of sp³-hybridized carbons (Fsp3) is 0.786. The van der Waals surface area contributed by atoms with Crippen molar-refractivity contribution in [3.05, 3.63) is 0 Å². The van der Waals surface area contributed by atoms with Crippen molar-refractivity contribution in [1.82, 2.24) is 10.2 Å². The van der Waals surface area contributed by atoms with Crippen LogP contribution in [0, 0.1) is 5.92 Å². The molecule has 7 heteroatoms. The summed E-state index contributed by atoms with van der Waals surface area (Å²) in [5.74, 6) is -1.20. The number of nitrogens with zero attached hydrogens (tertiary/aromatic N) is 1. The lowest BCUT2D eigenvalue weighted by Gasteiger charge is -2.26. The number of nitrogens with two attached hydrogens (primary N) is 1. The van der Waals surface area contributed by atoms with Crippen LogP contribution in [-0.2, 0) is 19.1 Å². The summed E-state index contributed by atoms with van der Waals surface area (Å²) in [7, 11) is 0. The summed E-state index contributed by atoms with van der Waals surface area (Å²) >= 11 is 0. The van der Waals surface area contributed by atoms with Crippen molar-refractivity contribution in [3.8, 4) is 0 Å². The zero-order valence-corrected chi connectivity index (χ0v) is 13.5. The topological polar surface area (TPSA) is 102 Å². The zero-order valence-electron chi connectivity index (χ0n) is 13.5. The summed E-state index contributed by atoms with van der Waals surface area (Å²) in [5.41, 5.74) is 5.69. The fourth-order valence-electron chi connectivity index (χ4n) is 1.59. The van der Waals surface area contributed by atoms with E-state index in [1.807, 2.05) is 13.8 Å². The first-order valence-corrected chi connectivity index (χ1v) is 7.19. The average molecular weight is 301 g/mol. The molecule has 0 fully saturated rings. The Hall–Kier alpha value is -1.63. The number of amides is 2. The molecule has 0 saturated heterocycles. The van der Waals surface area contributed by atoms with Crippen LogP contribution in [0.15, 0.2) is 0 Å². The Labute approximate surface area is 126 Å². The molecule has 0 bridgehead atoms. The van der Waals surface area contributed by atoms with Crippen molar-refractivity contribution in [2.24, 2.45) is 11.7 Å². The second-order valence-electron chi connectivity index (χ2n) is 5.41. The van der Waals surface area contributed by atoms with Crippen molar-refractivity contribution in [1.29, 1.82) is 0 Å². The van der Waals surface area contributed by atoms with E-state index < -0.39 is 12.0 Å². The van der Waals surface area contributed by atoms with Gasteiger partial charge in [-0.3, -0.25) is 14.4 Å². The second-order valence-corrected chi connectivity index (χ2v) is 5.41. The van der Waals surface area contributed by atoms with E-state index in [-0.39, 0.29) is 43.5 Å². The van der Waals surface area contributed by atoms with Crippen molar-refractivity contribution in [2.75, 3.05) is 19.7 Å². The number of hydrogen-bond acceptors (Lipinski definition) is 5. The molecule has 0 aliphatic heterocycles. The monoisotopic (exact) mass is 301 g/mol. The Kier molecular flexibility index (Phi) is 8.61. The van der Waals surface area contributed by atoms with Crippen LogP contribution in [-0.4, -0.2) is 54.5 Å². The van der Waals surface area contributed by atoms with Crippen LogP contribution >= 0.6 is 0 Å². The molecule has 0 unspecified atom stereocenters. The van der Waals surface area contributed by atoms with Crippen LogP contribution < -0.4 is 11.1 Å². The van der Waals surface area contributed by atoms with E-state index in [4.69, 9.17) is 10.5 Å². The molecule has 0 aromatic heterocycles. The highest BCUT2D eigenvalue weighted by molar-refractivity contribution is 5.89. The van der Waals surface area contributed by atoms with Crippen molar-refractivity contribution in [3.63, 3.8) is 0 Å². The highest BCUT2D eigenvalue weighted by Gasteiger charge is 2.23. The Balaban J connectivity index is 4.50. The van der Waals surface area contributed by atoms with E-state index in [1.165, 1.54) is 4.90 Å². The third-order valence-corrected chi connectivity index (χ3v) is 2.98. The first-order chi connectivity index (χ1) is 9.70. The number of carbonyl (C=O) groups excluding carboxylic acids is 3. The smallest absolute Gasteiger partial charge is 0.325 e. The van der Waals surface area contributed by atoms with Gasteiger partial charge in [-0.05, 0) is 26.7 Å². The summed E-state index contributed by atoms with van der Waals surface area (Å²) in [5, 5.41) is 2.50. The van der Waals surface area contributed by atoms with E-state index in [0.717, 1.165) is 0 Å². The zero-order chi connectivity index (χ0) is 16.6. The number of esters is 1. The maximum atomic E-state index is 12.1. The fourth-order valence-corrected chi connectivity index (χ4v) is 1.59. The molecule has 0 aliphatic carbocycles. The van der Waals surface area contributed by atoms with Gasteiger partial charge in [0.25, 0.3) is 0 Å². The average Bonchev–Trinajstić information content (AvgIpc) is 2.40. The maximum absolute atomic E-state index is 12.1. The third kappa shape index (κ3) is 7.08. The van der Waals surface area contributed by atoms with Crippen LogP contribution in [0.25, 0.3) is 0 Å². The van der Waals surface area contributed by atoms with E-state index in [2.05, 4.69) is 5.32 Å². The van der Waals surface area contributed by atoms with Crippen molar-refractivity contribution in [2.45, 2.75) is 46.7 Å². The quantitative estimate of drug-likeness (QED) is 0.609. The van der Waals surface area contributed by atoms with Gasteiger partial charge in [0.2, 0.25) is 11.8 Å². The Morgan fingerprint density at radius 2 is 1.76 bits per heavy atom. The van der Waals surface area contributed by atoms with Crippen LogP contribution in [0.4, 0.5) is 0 Å².